The molecular weight excluding hydrogens is 260 g/mol. The van der Waals surface area contributed by atoms with Gasteiger partial charge in [-0.2, -0.15) is 0 Å². The highest BCUT2D eigenvalue weighted by molar-refractivity contribution is 6.30. The van der Waals surface area contributed by atoms with Crippen molar-refractivity contribution in [2.24, 2.45) is 0 Å². The lowest BCUT2D eigenvalue weighted by Gasteiger charge is -2.29. The Morgan fingerprint density at radius 2 is 2.05 bits per heavy atom. The fourth-order valence-corrected chi connectivity index (χ4v) is 2.56. The molecule has 0 atom stereocenters. The topological polar surface area (TPSA) is 24.5 Å². The molecule has 1 heterocycles. The zero-order chi connectivity index (χ0) is 13.7. The first kappa shape index (κ1) is 14.6. The van der Waals surface area contributed by atoms with Crippen LogP contribution in [0.4, 0.5) is 0 Å². The van der Waals surface area contributed by atoms with Gasteiger partial charge in [0.15, 0.2) is 0 Å². The van der Waals surface area contributed by atoms with Crippen molar-refractivity contribution in [1.29, 1.82) is 0 Å². The quantitative estimate of drug-likeness (QED) is 0.919. The summed E-state index contributed by atoms with van der Waals surface area (Å²) >= 11 is 5.85. The molecule has 0 aromatic heterocycles. The van der Waals surface area contributed by atoms with E-state index in [-0.39, 0.29) is 5.54 Å². The van der Waals surface area contributed by atoms with Crippen LogP contribution in [-0.2, 0) is 0 Å². The van der Waals surface area contributed by atoms with Crippen molar-refractivity contribution in [3.05, 3.63) is 29.3 Å². The molecule has 0 bridgehead atoms. The van der Waals surface area contributed by atoms with Gasteiger partial charge in [-0.1, -0.05) is 11.6 Å². The Bertz CT molecular complexity index is 392. The van der Waals surface area contributed by atoms with E-state index >= 15 is 0 Å². The summed E-state index contributed by atoms with van der Waals surface area (Å²) in [4.78, 5) is 2.47. The lowest BCUT2D eigenvalue weighted by molar-refractivity contribution is 0.187. The summed E-state index contributed by atoms with van der Waals surface area (Å²) in [6.07, 6.45) is 1.20. The SMILES string of the molecule is CC1(C)CN(CCOc2ccc(Cl)cc2)CCCN1. The van der Waals surface area contributed by atoms with Gasteiger partial charge in [0, 0.05) is 23.7 Å². The number of nitrogens with zero attached hydrogens (tertiary/aromatic N) is 1. The van der Waals surface area contributed by atoms with E-state index in [9.17, 15) is 0 Å². The predicted octanol–water partition coefficient (Wildman–Crippen LogP) is 2.79. The molecule has 1 fully saturated rings. The van der Waals surface area contributed by atoms with Crippen LogP contribution in [0.5, 0.6) is 5.75 Å². The minimum absolute atomic E-state index is 0.191. The monoisotopic (exact) mass is 282 g/mol. The molecule has 0 spiro atoms. The van der Waals surface area contributed by atoms with Crippen LogP contribution in [0.3, 0.4) is 0 Å². The Hall–Kier alpha value is -0.770. The maximum atomic E-state index is 5.85. The van der Waals surface area contributed by atoms with Crippen molar-refractivity contribution in [3.63, 3.8) is 0 Å². The Balaban J connectivity index is 1.77. The molecule has 106 valence electrons. The lowest BCUT2D eigenvalue weighted by atomic mass is 10.1. The third kappa shape index (κ3) is 5.01. The van der Waals surface area contributed by atoms with Gasteiger partial charge in [-0.25, -0.2) is 0 Å². The second-order valence-corrected chi connectivity index (χ2v) is 6.18. The van der Waals surface area contributed by atoms with Crippen LogP contribution in [0.1, 0.15) is 20.3 Å². The van der Waals surface area contributed by atoms with Gasteiger partial charge >= 0.3 is 0 Å². The molecular formula is C15H23ClN2O. The third-order valence-corrected chi connectivity index (χ3v) is 3.62. The molecule has 1 aliphatic rings. The summed E-state index contributed by atoms with van der Waals surface area (Å²) in [5, 5.41) is 4.31. The first-order valence-corrected chi connectivity index (χ1v) is 7.29. The minimum Gasteiger partial charge on any atom is -0.492 e. The number of hydrogen-bond donors (Lipinski definition) is 1. The van der Waals surface area contributed by atoms with Crippen LogP contribution in [0.2, 0.25) is 5.02 Å². The molecule has 0 radical (unpaired) electrons. The Morgan fingerprint density at radius 3 is 2.79 bits per heavy atom. The van der Waals surface area contributed by atoms with Crippen molar-refractivity contribution in [2.75, 3.05) is 32.8 Å². The number of benzene rings is 1. The van der Waals surface area contributed by atoms with Gasteiger partial charge in [0.1, 0.15) is 12.4 Å². The molecule has 1 aromatic carbocycles. The second-order valence-electron chi connectivity index (χ2n) is 5.74. The van der Waals surface area contributed by atoms with Crippen LogP contribution < -0.4 is 10.1 Å². The molecule has 3 nitrogen and oxygen atoms in total. The number of hydrogen-bond acceptors (Lipinski definition) is 3. The average Bonchev–Trinajstić information content (AvgIpc) is 2.52. The van der Waals surface area contributed by atoms with E-state index in [1.807, 2.05) is 24.3 Å². The van der Waals surface area contributed by atoms with E-state index < -0.39 is 0 Å². The van der Waals surface area contributed by atoms with Crippen molar-refractivity contribution in [3.8, 4) is 5.75 Å². The summed E-state index contributed by atoms with van der Waals surface area (Å²) < 4.78 is 5.75. The van der Waals surface area contributed by atoms with E-state index in [1.54, 1.807) is 0 Å². The molecule has 2 rings (SSSR count). The van der Waals surface area contributed by atoms with Crippen LogP contribution in [-0.4, -0.2) is 43.2 Å². The average molecular weight is 283 g/mol. The van der Waals surface area contributed by atoms with Gasteiger partial charge in [0.2, 0.25) is 0 Å². The molecule has 0 amide bonds. The number of nitrogens with one attached hydrogen (secondary N) is 1. The number of ether oxygens (including phenoxy) is 1. The fraction of sp³-hybridized carbons (Fsp3) is 0.600. The molecule has 4 heteroatoms. The first-order chi connectivity index (χ1) is 9.05. The van der Waals surface area contributed by atoms with E-state index in [4.69, 9.17) is 16.3 Å². The van der Waals surface area contributed by atoms with Crippen molar-refractivity contribution < 1.29 is 4.74 Å². The summed E-state index contributed by atoms with van der Waals surface area (Å²) in [5.41, 5.74) is 0.191. The largest absolute Gasteiger partial charge is 0.492 e. The Labute approximate surface area is 120 Å². The first-order valence-electron chi connectivity index (χ1n) is 6.91. The standard InChI is InChI=1S/C15H23ClN2O/c1-15(2)12-18(9-3-8-17-15)10-11-19-14-6-4-13(16)5-7-14/h4-7,17H,3,8-12H2,1-2H3. The highest BCUT2D eigenvalue weighted by Crippen LogP contribution is 2.16. The maximum Gasteiger partial charge on any atom is 0.119 e. The maximum absolute atomic E-state index is 5.85. The Kier molecular flexibility index (Phi) is 5.08. The van der Waals surface area contributed by atoms with Gasteiger partial charge in [-0.3, -0.25) is 4.90 Å². The van der Waals surface area contributed by atoms with Gasteiger partial charge in [0.25, 0.3) is 0 Å². The smallest absolute Gasteiger partial charge is 0.119 e. The zero-order valence-electron chi connectivity index (χ0n) is 11.8. The fourth-order valence-electron chi connectivity index (χ4n) is 2.44. The molecule has 1 aliphatic heterocycles. The summed E-state index contributed by atoms with van der Waals surface area (Å²) in [7, 11) is 0. The molecule has 0 unspecified atom stereocenters. The van der Waals surface area contributed by atoms with Crippen LogP contribution in [0.25, 0.3) is 0 Å². The van der Waals surface area contributed by atoms with Crippen LogP contribution in [0, 0.1) is 0 Å². The minimum atomic E-state index is 0.191. The van der Waals surface area contributed by atoms with Crippen molar-refractivity contribution in [2.45, 2.75) is 25.8 Å². The number of halogens is 1. The van der Waals surface area contributed by atoms with E-state index in [0.717, 1.165) is 43.6 Å². The molecule has 1 aromatic rings. The molecule has 1 N–H and O–H groups in total. The van der Waals surface area contributed by atoms with Crippen molar-refractivity contribution in [1.82, 2.24) is 10.2 Å². The third-order valence-electron chi connectivity index (χ3n) is 3.36. The predicted molar refractivity (Wildman–Crippen MR) is 80.1 cm³/mol. The van der Waals surface area contributed by atoms with Gasteiger partial charge < -0.3 is 10.1 Å². The molecule has 19 heavy (non-hydrogen) atoms. The normalized spacial score (nSPS) is 19.9. The van der Waals surface area contributed by atoms with E-state index in [1.165, 1.54) is 6.42 Å². The van der Waals surface area contributed by atoms with Gasteiger partial charge in [0.05, 0.1) is 0 Å². The van der Waals surface area contributed by atoms with Crippen molar-refractivity contribution >= 4 is 11.6 Å². The van der Waals surface area contributed by atoms with E-state index in [2.05, 4.69) is 24.1 Å². The lowest BCUT2D eigenvalue weighted by Crippen LogP contribution is -2.47. The number of rotatable bonds is 4. The summed E-state index contributed by atoms with van der Waals surface area (Å²) in [5.74, 6) is 0.886. The highest BCUT2D eigenvalue weighted by atomic mass is 35.5. The molecule has 0 saturated carbocycles. The zero-order valence-corrected chi connectivity index (χ0v) is 12.5. The van der Waals surface area contributed by atoms with Crippen LogP contribution in [0.15, 0.2) is 24.3 Å². The molecule has 0 aliphatic carbocycles. The van der Waals surface area contributed by atoms with Gasteiger partial charge in [-0.15, -0.1) is 0 Å². The second kappa shape index (κ2) is 6.60. The Morgan fingerprint density at radius 1 is 1.32 bits per heavy atom. The van der Waals surface area contributed by atoms with E-state index in [0.29, 0.717) is 0 Å². The van der Waals surface area contributed by atoms with Gasteiger partial charge in [-0.05, 0) is 57.6 Å². The summed E-state index contributed by atoms with van der Waals surface area (Å²) in [6.45, 7) is 9.50. The highest BCUT2D eigenvalue weighted by Gasteiger charge is 2.23. The molecule has 1 saturated heterocycles. The summed E-state index contributed by atoms with van der Waals surface area (Å²) in [6, 6.07) is 7.54. The van der Waals surface area contributed by atoms with Crippen LogP contribution >= 0.6 is 11.6 Å².